The minimum atomic E-state index is -0.186. The second kappa shape index (κ2) is 7.33. The predicted molar refractivity (Wildman–Crippen MR) is 99.9 cm³/mol. The number of nitrogens with zero attached hydrogens (tertiary/aromatic N) is 3. The summed E-state index contributed by atoms with van der Waals surface area (Å²) in [5.41, 5.74) is 3.52. The van der Waals surface area contributed by atoms with Gasteiger partial charge in [0.05, 0.1) is 11.9 Å². The first-order valence-corrected chi connectivity index (χ1v) is 8.47. The van der Waals surface area contributed by atoms with Crippen LogP contribution in [0.5, 0.6) is 11.5 Å². The first-order chi connectivity index (χ1) is 13.2. The van der Waals surface area contributed by atoms with Crippen molar-refractivity contribution in [2.45, 2.75) is 6.54 Å². The first-order valence-electron chi connectivity index (χ1n) is 8.47. The van der Waals surface area contributed by atoms with Gasteiger partial charge in [-0.3, -0.25) is 14.5 Å². The molecule has 4 rings (SSSR count). The van der Waals surface area contributed by atoms with Crippen LogP contribution in [0.1, 0.15) is 11.1 Å². The van der Waals surface area contributed by atoms with Crippen molar-refractivity contribution in [1.29, 1.82) is 0 Å². The molecule has 27 heavy (non-hydrogen) atoms. The van der Waals surface area contributed by atoms with E-state index in [1.807, 2.05) is 43.6 Å². The molecule has 1 aliphatic rings. The summed E-state index contributed by atoms with van der Waals surface area (Å²) < 4.78 is 12.3. The van der Waals surface area contributed by atoms with E-state index in [1.165, 1.54) is 6.08 Å². The fourth-order valence-corrected chi connectivity index (χ4v) is 2.81. The third-order valence-electron chi connectivity index (χ3n) is 4.15. The summed E-state index contributed by atoms with van der Waals surface area (Å²) in [7, 11) is 1.86. The Balaban J connectivity index is 1.41. The maximum Gasteiger partial charge on any atom is 0.244 e. The van der Waals surface area contributed by atoms with Gasteiger partial charge in [0.1, 0.15) is 0 Å². The molecule has 0 unspecified atom stereocenters. The van der Waals surface area contributed by atoms with E-state index in [0.717, 1.165) is 28.1 Å². The van der Waals surface area contributed by atoms with Gasteiger partial charge < -0.3 is 14.8 Å². The second-order valence-corrected chi connectivity index (χ2v) is 6.08. The van der Waals surface area contributed by atoms with E-state index in [4.69, 9.17) is 9.47 Å². The Bertz CT molecular complexity index is 1010. The maximum atomic E-state index is 12.2. The quantitative estimate of drug-likeness (QED) is 0.706. The van der Waals surface area contributed by atoms with Crippen LogP contribution < -0.4 is 14.8 Å². The zero-order chi connectivity index (χ0) is 18.6. The number of nitrogens with one attached hydrogen (secondary N) is 1. The second-order valence-electron chi connectivity index (χ2n) is 6.08. The van der Waals surface area contributed by atoms with Crippen LogP contribution in [-0.4, -0.2) is 27.5 Å². The van der Waals surface area contributed by atoms with Gasteiger partial charge in [-0.15, -0.1) is 0 Å². The van der Waals surface area contributed by atoms with E-state index in [0.29, 0.717) is 12.3 Å². The van der Waals surface area contributed by atoms with Gasteiger partial charge in [0.2, 0.25) is 12.7 Å². The molecule has 0 radical (unpaired) electrons. The molecule has 0 saturated carbocycles. The molecule has 1 aliphatic heterocycles. The molecule has 1 amide bonds. The van der Waals surface area contributed by atoms with Crippen molar-refractivity contribution < 1.29 is 14.3 Å². The predicted octanol–water partition coefficient (Wildman–Crippen LogP) is 2.54. The van der Waals surface area contributed by atoms with E-state index in [2.05, 4.69) is 15.4 Å². The monoisotopic (exact) mass is 362 g/mol. The van der Waals surface area contributed by atoms with Gasteiger partial charge >= 0.3 is 0 Å². The molecular formula is C20H18N4O3. The number of rotatable bonds is 5. The van der Waals surface area contributed by atoms with Crippen LogP contribution in [-0.2, 0) is 18.4 Å². The Morgan fingerprint density at radius 1 is 1.30 bits per heavy atom. The zero-order valence-electron chi connectivity index (χ0n) is 14.8. The maximum absolute atomic E-state index is 12.2. The lowest BCUT2D eigenvalue weighted by Gasteiger charge is -2.07. The van der Waals surface area contributed by atoms with Crippen LogP contribution in [0.25, 0.3) is 17.3 Å². The van der Waals surface area contributed by atoms with E-state index >= 15 is 0 Å². The molecule has 0 atom stereocenters. The van der Waals surface area contributed by atoms with Crippen molar-refractivity contribution in [3.05, 3.63) is 66.1 Å². The van der Waals surface area contributed by atoms with E-state index in [1.54, 1.807) is 23.2 Å². The Morgan fingerprint density at radius 3 is 3.04 bits per heavy atom. The number of benzene rings is 1. The fraction of sp³-hybridized carbons (Fsp3) is 0.150. The van der Waals surface area contributed by atoms with Crippen LogP contribution >= 0.6 is 0 Å². The van der Waals surface area contributed by atoms with Gasteiger partial charge in [-0.05, 0) is 35.4 Å². The van der Waals surface area contributed by atoms with Crippen LogP contribution in [0.15, 0.2) is 55.0 Å². The van der Waals surface area contributed by atoms with Gasteiger partial charge in [0.15, 0.2) is 11.5 Å². The number of carbonyl (C=O) groups excluding carboxylic acids is 1. The summed E-state index contributed by atoms with van der Waals surface area (Å²) in [4.78, 5) is 16.6. The Hall–Kier alpha value is -3.61. The number of fused-ring (bicyclic) bond motifs is 1. The molecule has 1 aromatic carbocycles. The standard InChI is InChI=1S/C20H18N4O3/c1-24-12-16(11-23-24)20-15(3-2-8-21-20)10-22-19(25)7-5-14-4-6-17-18(9-14)27-13-26-17/h2-9,11-12H,10,13H2,1H3,(H,22,25)/b7-5+. The summed E-state index contributed by atoms with van der Waals surface area (Å²) in [5.74, 6) is 1.22. The number of amides is 1. The molecule has 7 heteroatoms. The van der Waals surface area contributed by atoms with Gasteiger partial charge in [-0.25, -0.2) is 0 Å². The van der Waals surface area contributed by atoms with Crippen LogP contribution in [0.2, 0.25) is 0 Å². The molecule has 0 spiro atoms. The Morgan fingerprint density at radius 2 is 2.19 bits per heavy atom. The number of carbonyl (C=O) groups is 1. The van der Waals surface area contributed by atoms with Gasteiger partial charge in [0.25, 0.3) is 0 Å². The SMILES string of the molecule is Cn1cc(-c2ncccc2CNC(=O)/C=C/c2ccc3c(c2)OCO3)cn1. The van der Waals surface area contributed by atoms with Gasteiger partial charge in [-0.2, -0.15) is 5.10 Å². The number of pyridine rings is 1. The molecule has 136 valence electrons. The smallest absolute Gasteiger partial charge is 0.244 e. The molecule has 0 aliphatic carbocycles. The number of ether oxygens (including phenoxy) is 2. The molecule has 0 saturated heterocycles. The molecule has 0 bridgehead atoms. The summed E-state index contributed by atoms with van der Waals surface area (Å²) in [5, 5.41) is 7.07. The first kappa shape index (κ1) is 16.8. The third kappa shape index (κ3) is 3.82. The number of aryl methyl sites for hydroxylation is 1. The Labute approximate surface area is 156 Å². The van der Waals surface area contributed by atoms with Crippen molar-refractivity contribution >= 4 is 12.0 Å². The highest BCUT2D eigenvalue weighted by Gasteiger charge is 2.12. The van der Waals surface area contributed by atoms with Crippen LogP contribution in [0.4, 0.5) is 0 Å². The van der Waals surface area contributed by atoms with E-state index < -0.39 is 0 Å². The average molecular weight is 362 g/mol. The molecular weight excluding hydrogens is 344 g/mol. The van der Waals surface area contributed by atoms with Crippen molar-refractivity contribution in [3.63, 3.8) is 0 Å². The zero-order valence-corrected chi connectivity index (χ0v) is 14.8. The summed E-state index contributed by atoms with van der Waals surface area (Å²) in [6.45, 7) is 0.607. The largest absolute Gasteiger partial charge is 0.454 e. The lowest BCUT2D eigenvalue weighted by Crippen LogP contribution is -2.20. The van der Waals surface area contributed by atoms with Crippen LogP contribution in [0.3, 0.4) is 0 Å². The fourth-order valence-electron chi connectivity index (χ4n) is 2.81. The van der Waals surface area contributed by atoms with Gasteiger partial charge in [-0.1, -0.05) is 12.1 Å². The molecule has 3 aromatic rings. The summed E-state index contributed by atoms with van der Waals surface area (Å²) in [6.07, 6.45) is 8.62. The third-order valence-corrected chi connectivity index (χ3v) is 4.15. The normalized spacial score (nSPS) is 12.5. The molecule has 1 N–H and O–H groups in total. The highest BCUT2D eigenvalue weighted by Crippen LogP contribution is 2.32. The summed E-state index contributed by atoms with van der Waals surface area (Å²) in [6, 6.07) is 9.34. The molecule has 7 nitrogen and oxygen atoms in total. The van der Waals surface area contributed by atoms with Crippen molar-refractivity contribution in [3.8, 4) is 22.8 Å². The van der Waals surface area contributed by atoms with E-state index in [-0.39, 0.29) is 12.7 Å². The van der Waals surface area contributed by atoms with Gasteiger partial charge in [0, 0.05) is 37.6 Å². The molecule has 3 heterocycles. The lowest BCUT2D eigenvalue weighted by molar-refractivity contribution is -0.116. The van der Waals surface area contributed by atoms with E-state index in [9.17, 15) is 4.79 Å². The lowest BCUT2D eigenvalue weighted by atomic mass is 10.1. The Kier molecular flexibility index (Phi) is 4.57. The summed E-state index contributed by atoms with van der Waals surface area (Å²) >= 11 is 0. The number of hydrogen-bond acceptors (Lipinski definition) is 5. The minimum Gasteiger partial charge on any atom is -0.454 e. The topological polar surface area (TPSA) is 78.3 Å². The van der Waals surface area contributed by atoms with Crippen LogP contribution in [0, 0.1) is 0 Å². The number of hydrogen-bond donors (Lipinski definition) is 1. The number of aromatic nitrogens is 3. The minimum absolute atomic E-state index is 0.186. The van der Waals surface area contributed by atoms with Crippen molar-refractivity contribution in [1.82, 2.24) is 20.1 Å². The average Bonchev–Trinajstić information content (AvgIpc) is 3.33. The highest BCUT2D eigenvalue weighted by molar-refractivity contribution is 5.91. The molecule has 0 fully saturated rings. The van der Waals surface area contributed by atoms with Crippen molar-refractivity contribution in [2.75, 3.05) is 6.79 Å². The van der Waals surface area contributed by atoms with Crippen molar-refractivity contribution in [2.24, 2.45) is 7.05 Å². The highest BCUT2D eigenvalue weighted by atomic mass is 16.7. The molecule has 2 aromatic heterocycles.